The maximum atomic E-state index is 2.63. The van der Waals surface area contributed by atoms with Gasteiger partial charge in [-0.1, -0.05) is 30.7 Å². The quantitative estimate of drug-likeness (QED) is 0.763. The lowest BCUT2D eigenvalue weighted by Crippen LogP contribution is -2.35. The van der Waals surface area contributed by atoms with Crippen LogP contribution in [0.15, 0.2) is 18.2 Å². The van der Waals surface area contributed by atoms with E-state index in [-0.39, 0.29) is 0 Å². The summed E-state index contributed by atoms with van der Waals surface area (Å²) in [5.41, 5.74) is 4.44. The molecule has 1 nitrogen and oxygen atoms in total. The fraction of sp³-hybridized carbons (Fsp3) is 0.625. The highest BCUT2D eigenvalue weighted by Crippen LogP contribution is 2.29. The van der Waals surface area contributed by atoms with Crippen molar-refractivity contribution >= 4 is 0 Å². The van der Waals surface area contributed by atoms with E-state index in [1.807, 2.05) is 0 Å². The van der Waals surface area contributed by atoms with Crippen molar-refractivity contribution in [1.29, 1.82) is 0 Å². The van der Waals surface area contributed by atoms with Crippen LogP contribution in [-0.4, -0.2) is 24.5 Å². The zero-order valence-corrected chi connectivity index (χ0v) is 11.5. The smallest absolute Gasteiger partial charge is 0.00504 e. The van der Waals surface area contributed by atoms with Crippen LogP contribution >= 0.6 is 0 Å². The zero-order valence-electron chi connectivity index (χ0n) is 11.5. The van der Waals surface area contributed by atoms with Gasteiger partial charge in [-0.05, 0) is 63.2 Å². The molecular formula is C16H25N. The van der Waals surface area contributed by atoms with Gasteiger partial charge in [0.05, 0.1) is 0 Å². The summed E-state index contributed by atoms with van der Waals surface area (Å²) in [5, 5.41) is 0. The lowest BCUT2D eigenvalue weighted by atomic mass is 9.87. The van der Waals surface area contributed by atoms with E-state index >= 15 is 0 Å². The lowest BCUT2D eigenvalue weighted by molar-refractivity contribution is 0.208. The first-order chi connectivity index (χ1) is 8.20. The number of piperidine rings is 1. The number of hydrogen-bond donors (Lipinski definition) is 0. The van der Waals surface area contributed by atoms with E-state index in [9.17, 15) is 0 Å². The van der Waals surface area contributed by atoms with E-state index in [1.54, 1.807) is 5.56 Å². The molecule has 1 heterocycles. The van der Waals surface area contributed by atoms with Crippen molar-refractivity contribution in [2.45, 2.75) is 46.0 Å². The fourth-order valence-corrected chi connectivity index (χ4v) is 3.11. The molecule has 0 N–H and O–H groups in total. The summed E-state index contributed by atoms with van der Waals surface area (Å²) in [6.07, 6.45) is 4.00. The van der Waals surface area contributed by atoms with Crippen LogP contribution in [-0.2, 0) is 0 Å². The minimum absolute atomic E-state index is 0.760. The molecule has 0 aromatic heterocycles. The molecule has 0 unspecified atom stereocenters. The molecule has 0 bridgehead atoms. The van der Waals surface area contributed by atoms with Gasteiger partial charge in [-0.3, -0.25) is 0 Å². The summed E-state index contributed by atoms with van der Waals surface area (Å²) in [6, 6.07) is 6.94. The Balaban J connectivity index is 2.10. The summed E-state index contributed by atoms with van der Waals surface area (Å²) in [5.74, 6) is 0.760. The van der Waals surface area contributed by atoms with Crippen LogP contribution in [0.2, 0.25) is 0 Å². The summed E-state index contributed by atoms with van der Waals surface area (Å²) in [7, 11) is 0. The SMILES string of the molecule is CCCN1CCC[C@H](c2ccc(C)cc2C)C1. The molecule has 0 radical (unpaired) electrons. The molecular weight excluding hydrogens is 206 g/mol. The topological polar surface area (TPSA) is 3.24 Å². The molecule has 2 rings (SSSR count). The normalized spacial score (nSPS) is 21.7. The second-order valence-corrected chi connectivity index (χ2v) is 5.50. The van der Waals surface area contributed by atoms with Crippen molar-refractivity contribution in [3.8, 4) is 0 Å². The Morgan fingerprint density at radius 2 is 2.12 bits per heavy atom. The number of hydrogen-bond acceptors (Lipinski definition) is 1. The number of benzene rings is 1. The predicted molar refractivity (Wildman–Crippen MR) is 74.6 cm³/mol. The van der Waals surface area contributed by atoms with Crippen LogP contribution in [0.1, 0.15) is 48.8 Å². The standard InChI is InChI=1S/C16H25N/c1-4-9-17-10-5-6-15(12-17)16-8-7-13(2)11-14(16)3/h7-8,11,15H,4-6,9-10,12H2,1-3H3/t15-/m0/s1. The summed E-state index contributed by atoms with van der Waals surface area (Å²) >= 11 is 0. The molecule has 1 saturated heterocycles. The molecule has 0 aliphatic carbocycles. The Bertz CT molecular complexity index is 368. The van der Waals surface area contributed by atoms with E-state index in [2.05, 4.69) is 43.9 Å². The first-order valence-corrected chi connectivity index (χ1v) is 7.00. The van der Waals surface area contributed by atoms with Gasteiger partial charge >= 0.3 is 0 Å². The Morgan fingerprint density at radius 3 is 2.82 bits per heavy atom. The van der Waals surface area contributed by atoms with E-state index < -0.39 is 0 Å². The average Bonchev–Trinajstić information content (AvgIpc) is 2.29. The molecule has 94 valence electrons. The second-order valence-electron chi connectivity index (χ2n) is 5.50. The van der Waals surface area contributed by atoms with Crippen molar-refractivity contribution < 1.29 is 0 Å². The number of nitrogens with zero attached hydrogens (tertiary/aromatic N) is 1. The Hall–Kier alpha value is -0.820. The van der Waals surface area contributed by atoms with Crippen LogP contribution in [0.4, 0.5) is 0 Å². The number of aryl methyl sites for hydroxylation is 2. The third kappa shape index (κ3) is 3.10. The first kappa shape index (κ1) is 12.6. The number of likely N-dealkylation sites (tertiary alicyclic amines) is 1. The Kier molecular flexibility index (Phi) is 4.22. The van der Waals surface area contributed by atoms with Crippen LogP contribution < -0.4 is 0 Å². The van der Waals surface area contributed by atoms with Crippen LogP contribution in [0.25, 0.3) is 0 Å². The summed E-state index contributed by atoms with van der Waals surface area (Å²) in [6.45, 7) is 10.6. The average molecular weight is 231 g/mol. The maximum absolute atomic E-state index is 2.63. The monoisotopic (exact) mass is 231 g/mol. The molecule has 1 aromatic rings. The van der Waals surface area contributed by atoms with E-state index in [0.29, 0.717) is 0 Å². The molecule has 1 aromatic carbocycles. The van der Waals surface area contributed by atoms with E-state index in [4.69, 9.17) is 0 Å². The van der Waals surface area contributed by atoms with Gasteiger partial charge in [-0.15, -0.1) is 0 Å². The fourth-order valence-electron chi connectivity index (χ4n) is 3.11. The van der Waals surface area contributed by atoms with Crippen molar-refractivity contribution in [3.63, 3.8) is 0 Å². The number of rotatable bonds is 3. The van der Waals surface area contributed by atoms with Gasteiger partial charge in [-0.2, -0.15) is 0 Å². The molecule has 1 aliphatic heterocycles. The van der Waals surface area contributed by atoms with Crippen molar-refractivity contribution in [2.75, 3.05) is 19.6 Å². The zero-order chi connectivity index (χ0) is 12.3. The minimum Gasteiger partial charge on any atom is -0.303 e. The van der Waals surface area contributed by atoms with Gasteiger partial charge in [0.1, 0.15) is 0 Å². The van der Waals surface area contributed by atoms with Crippen molar-refractivity contribution in [3.05, 3.63) is 34.9 Å². The Labute approximate surface area is 106 Å². The van der Waals surface area contributed by atoms with Gasteiger partial charge in [-0.25, -0.2) is 0 Å². The third-order valence-corrected chi connectivity index (χ3v) is 3.91. The molecule has 0 saturated carbocycles. The van der Waals surface area contributed by atoms with Gasteiger partial charge in [0, 0.05) is 6.54 Å². The van der Waals surface area contributed by atoms with Gasteiger partial charge in [0.15, 0.2) is 0 Å². The maximum Gasteiger partial charge on any atom is 0.00504 e. The highest BCUT2D eigenvalue weighted by atomic mass is 15.1. The molecule has 1 heteroatoms. The van der Waals surface area contributed by atoms with Crippen molar-refractivity contribution in [1.82, 2.24) is 4.90 Å². The third-order valence-electron chi connectivity index (χ3n) is 3.91. The largest absolute Gasteiger partial charge is 0.303 e. The first-order valence-electron chi connectivity index (χ1n) is 7.00. The minimum atomic E-state index is 0.760. The molecule has 1 aliphatic rings. The highest BCUT2D eigenvalue weighted by Gasteiger charge is 2.21. The van der Waals surface area contributed by atoms with Crippen LogP contribution in [0.5, 0.6) is 0 Å². The Morgan fingerprint density at radius 1 is 1.29 bits per heavy atom. The van der Waals surface area contributed by atoms with E-state index in [0.717, 1.165) is 5.92 Å². The highest BCUT2D eigenvalue weighted by molar-refractivity contribution is 5.33. The van der Waals surface area contributed by atoms with Crippen LogP contribution in [0, 0.1) is 13.8 Å². The van der Waals surface area contributed by atoms with Gasteiger partial charge in [0.2, 0.25) is 0 Å². The summed E-state index contributed by atoms with van der Waals surface area (Å²) < 4.78 is 0. The second kappa shape index (κ2) is 5.68. The van der Waals surface area contributed by atoms with E-state index in [1.165, 1.54) is 50.0 Å². The molecule has 0 spiro atoms. The lowest BCUT2D eigenvalue weighted by Gasteiger charge is -2.33. The van der Waals surface area contributed by atoms with Gasteiger partial charge < -0.3 is 4.90 Å². The molecule has 0 amide bonds. The molecule has 1 atom stereocenters. The van der Waals surface area contributed by atoms with Crippen molar-refractivity contribution in [2.24, 2.45) is 0 Å². The predicted octanol–water partition coefficient (Wildman–Crippen LogP) is 3.89. The van der Waals surface area contributed by atoms with Gasteiger partial charge in [0.25, 0.3) is 0 Å². The summed E-state index contributed by atoms with van der Waals surface area (Å²) in [4.78, 5) is 2.63. The van der Waals surface area contributed by atoms with Crippen LogP contribution in [0.3, 0.4) is 0 Å². The molecule has 1 fully saturated rings. The molecule has 17 heavy (non-hydrogen) atoms.